The summed E-state index contributed by atoms with van der Waals surface area (Å²) in [5, 5.41) is 3.14. The molecule has 1 saturated heterocycles. The number of nitrogens with zero attached hydrogens (tertiary/aromatic N) is 1. The summed E-state index contributed by atoms with van der Waals surface area (Å²) >= 11 is 6.08. The van der Waals surface area contributed by atoms with Crippen molar-refractivity contribution < 1.29 is 19.1 Å². The minimum atomic E-state index is -0.311. The van der Waals surface area contributed by atoms with E-state index in [2.05, 4.69) is 5.32 Å². The third-order valence-electron chi connectivity index (χ3n) is 3.90. The topological polar surface area (TPSA) is 93.9 Å². The molecule has 1 aliphatic rings. The van der Waals surface area contributed by atoms with Gasteiger partial charge in [0.1, 0.15) is 11.5 Å². The predicted octanol–water partition coefficient (Wildman–Crippen LogP) is 2.09. The van der Waals surface area contributed by atoms with Crippen LogP contribution in [-0.2, 0) is 4.79 Å². The minimum Gasteiger partial charge on any atom is -0.495 e. The Balaban J connectivity index is 2.06. The van der Waals surface area contributed by atoms with E-state index >= 15 is 0 Å². The summed E-state index contributed by atoms with van der Waals surface area (Å²) < 4.78 is 10.4. The van der Waals surface area contributed by atoms with Crippen LogP contribution in [0.5, 0.6) is 11.5 Å². The fourth-order valence-electron chi connectivity index (χ4n) is 2.52. The molecule has 1 heterocycles. The zero-order valence-corrected chi connectivity index (χ0v) is 13.9. The highest BCUT2D eigenvalue weighted by Crippen LogP contribution is 2.36. The highest BCUT2D eigenvalue weighted by molar-refractivity contribution is 6.32. The Morgan fingerprint density at radius 1 is 1.22 bits per heavy atom. The molecule has 1 aromatic rings. The van der Waals surface area contributed by atoms with Crippen molar-refractivity contribution in [3.63, 3.8) is 0 Å². The van der Waals surface area contributed by atoms with Crippen molar-refractivity contribution in [2.24, 2.45) is 11.7 Å². The normalized spacial score (nSPS) is 15.2. The molecule has 7 nitrogen and oxygen atoms in total. The molecule has 1 fully saturated rings. The van der Waals surface area contributed by atoms with E-state index in [9.17, 15) is 9.59 Å². The summed E-state index contributed by atoms with van der Waals surface area (Å²) in [5.41, 5.74) is 5.75. The van der Waals surface area contributed by atoms with Crippen molar-refractivity contribution in [1.82, 2.24) is 4.90 Å². The van der Waals surface area contributed by atoms with Crippen LogP contribution in [0.25, 0.3) is 0 Å². The van der Waals surface area contributed by atoms with Crippen LogP contribution in [0.3, 0.4) is 0 Å². The largest absolute Gasteiger partial charge is 0.495 e. The zero-order chi connectivity index (χ0) is 17.0. The second-order valence-corrected chi connectivity index (χ2v) is 5.69. The van der Waals surface area contributed by atoms with Crippen molar-refractivity contribution in [1.29, 1.82) is 0 Å². The summed E-state index contributed by atoms with van der Waals surface area (Å²) in [7, 11) is 3.00. The van der Waals surface area contributed by atoms with Crippen LogP contribution in [0.2, 0.25) is 5.02 Å². The number of benzene rings is 1. The molecule has 0 radical (unpaired) electrons. The maximum absolute atomic E-state index is 12.3. The summed E-state index contributed by atoms with van der Waals surface area (Å²) in [6.07, 6.45) is 1.15. The Kier molecular flexibility index (Phi) is 5.54. The lowest BCUT2D eigenvalue weighted by Gasteiger charge is -2.30. The smallest absolute Gasteiger partial charge is 0.321 e. The van der Waals surface area contributed by atoms with Gasteiger partial charge < -0.3 is 25.4 Å². The van der Waals surface area contributed by atoms with Crippen LogP contribution in [-0.4, -0.2) is 44.1 Å². The average Bonchev–Trinajstić information content (AvgIpc) is 2.55. The maximum Gasteiger partial charge on any atom is 0.321 e. The van der Waals surface area contributed by atoms with Crippen LogP contribution in [0.1, 0.15) is 12.8 Å². The van der Waals surface area contributed by atoms with Crippen LogP contribution < -0.4 is 20.5 Å². The van der Waals surface area contributed by atoms with Crippen LogP contribution >= 0.6 is 11.6 Å². The molecule has 126 valence electrons. The van der Waals surface area contributed by atoms with Gasteiger partial charge in [0.15, 0.2) is 0 Å². The zero-order valence-electron chi connectivity index (χ0n) is 13.1. The van der Waals surface area contributed by atoms with E-state index in [1.54, 1.807) is 17.0 Å². The highest BCUT2D eigenvalue weighted by Gasteiger charge is 2.26. The Morgan fingerprint density at radius 2 is 1.83 bits per heavy atom. The van der Waals surface area contributed by atoms with Gasteiger partial charge in [-0.25, -0.2) is 4.79 Å². The maximum atomic E-state index is 12.3. The molecule has 3 N–H and O–H groups in total. The molecular formula is C15H20ClN3O4. The van der Waals surface area contributed by atoms with Gasteiger partial charge in [-0.05, 0) is 18.9 Å². The van der Waals surface area contributed by atoms with Crippen LogP contribution in [0.15, 0.2) is 12.1 Å². The van der Waals surface area contributed by atoms with E-state index in [0.717, 1.165) is 0 Å². The summed E-state index contributed by atoms with van der Waals surface area (Å²) in [4.78, 5) is 25.1. The van der Waals surface area contributed by atoms with Gasteiger partial charge in [0.25, 0.3) is 0 Å². The Morgan fingerprint density at radius 3 is 2.35 bits per heavy atom. The monoisotopic (exact) mass is 341 g/mol. The van der Waals surface area contributed by atoms with E-state index in [4.69, 9.17) is 26.8 Å². The van der Waals surface area contributed by atoms with E-state index in [1.807, 2.05) is 0 Å². The quantitative estimate of drug-likeness (QED) is 0.876. The van der Waals surface area contributed by atoms with Crippen molar-refractivity contribution in [3.8, 4) is 11.5 Å². The average molecular weight is 342 g/mol. The van der Waals surface area contributed by atoms with Crippen molar-refractivity contribution in [3.05, 3.63) is 17.2 Å². The minimum absolute atomic E-state index is 0.163. The SMILES string of the molecule is COc1cc(OC)c(NC(=O)N2CCC(C(N)=O)CC2)cc1Cl. The molecule has 3 amide bonds. The number of ether oxygens (including phenoxy) is 2. The number of nitrogens with two attached hydrogens (primary N) is 1. The first-order valence-electron chi connectivity index (χ1n) is 7.23. The van der Waals surface area contributed by atoms with Crippen LogP contribution in [0, 0.1) is 5.92 Å². The van der Waals surface area contributed by atoms with Crippen molar-refractivity contribution in [2.45, 2.75) is 12.8 Å². The summed E-state index contributed by atoms with van der Waals surface area (Å²) in [6.45, 7) is 0.956. The first-order valence-corrected chi connectivity index (χ1v) is 7.60. The molecule has 1 aromatic carbocycles. The van der Waals surface area contributed by atoms with E-state index < -0.39 is 0 Å². The third kappa shape index (κ3) is 3.98. The molecule has 0 saturated carbocycles. The Bertz CT molecular complexity index is 601. The molecule has 0 unspecified atom stereocenters. The molecule has 0 atom stereocenters. The standard InChI is InChI=1S/C15H20ClN3O4/c1-22-12-8-13(23-2)11(7-10(12)16)18-15(21)19-5-3-9(4-6-19)14(17)20/h7-9H,3-6H2,1-2H3,(H2,17,20)(H,18,21). The number of amides is 3. The van der Waals surface area contributed by atoms with Gasteiger partial charge in [-0.15, -0.1) is 0 Å². The molecule has 0 aromatic heterocycles. The van der Waals surface area contributed by atoms with Gasteiger partial charge in [-0.3, -0.25) is 4.79 Å². The third-order valence-corrected chi connectivity index (χ3v) is 4.20. The second-order valence-electron chi connectivity index (χ2n) is 5.28. The van der Waals surface area contributed by atoms with E-state index in [-0.39, 0.29) is 17.9 Å². The van der Waals surface area contributed by atoms with Crippen molar-refractivity contribution >= 4 is 29.2 Å². The number of piperidine rings is 1. The molecular weight excluding hydrogens is 322 g/mol. The summed E-state index contributed by atoms with van der Waals surface area (Å²) in [5.74, 6) is 0.438. The lowest BCUT2D eigenvalue weighted by atomic mass is 9.96. The number of anilines is 1. The number of primary amides is 1. The van der Waals surface area contributed by atoms with E-state index in [1.165, 1.54) is 14.2 Å². The number of halogens is 1. The number of urea groups is 1. The first-order chi connectivity index (χ1) is 11.0. The van der Waals surface area contributed by atoms with Crippen molar-refractivity contribution in [2.75, 3.05) is 32.6 Å². The summed E-state index contributed by atoms with van der Waals surface area (Å²) in [6, 6.07) is 2.91. The second kappa shape index (κ2) is 7.41. The lowest BCUT2D eigenvalue weighted by molar-refractivity contribution is -0.122. The van der Waals surface area contributed by atoms with Gasteiger partial charge in [-0.1, -0.05) is 11.6 Å². The Hall–Kier alpha value is -2.15. The predicted molar refractivity (Wildman–Crippen MR) is 87.1 cm³/mol. The fraction of sp³-hybridized carbons (Fsp3) is 0.467. The molecule has 2 rings (SSSR count). The fourth-order valence-corrected chi connectivity index (χ4v) is 2.76. The molecule has 0 spiro atoms. The molecule has 1 aliphatic heterocycles. The Labute approximate surface area is 139 Å². The molecule has 8 heteroatoms. The van der Waals surface area contributed by atoms with Gasteiger partial charge in [0, 0.05) is 25.1 Å². The lowest BCUT2D eigenvalue weighted by Crippen LogP contribution is -2.43. The first kappa shape index (κ1) is 17.2. The highest BCUT2D eigenvalue weighted by atomic mass is 35.5. The van der Waals surface area contributed by atoms with Gasteiger partial charge in [0.2, 0.25) is 5.91 Å². The van der Waals surface area contributed by atoms with Gasteiger partial charge in [-0.2, -0.15) is 0 Å². The van der Waals surface area contributed by atoms with Gasteiger partial charge in [0.05, 0.1) is 24.9 Å². The molecule has 0 bridgehead atoms. The number of likely N-dealkylation sites (tertiary alicyclic amines) is 1. The van der Waals surface area contributed by atoms with Gasteiger partial charge >= 0.3 is 6.03 Å². The number of nitrogens with one attached hydrogen (secondary N) is 1. The van der Waals surface area contributed by atoms with E-state index in [0.29, 0.717) is 48.1 Å². The molecule has 0 aliphatic carbocycles. The number of hydrogen-bond acceptors (Lipinski definition) is 4. The number of methoxy groups -OCH3 is 2. The number of carbonyl (C=O) groups excluding carboxylic acids is 2. The number of hydrogen-bond donors (Lipinski definition) is 2. The number of rotatable bonds is 4. The molecule has 23 heavy (non-hydrogen) atoms. The number of carbonyl (C=O) groups is 2. The van der Waals surface area contributed by atoms with Crippen LogP contribution in [0.4, 0.5) is 10.5 Å².